The van der Waals surface area contributed by atoms with Crippen molar-refractivity contribution in [3.05, 3.63) is 82.0 Å². The molecule has 1 saturated heterocycles. The van der Waals surface area contributed by atoms with Gasteiger partial charge in [-0.15, -0.1) is 0 Å². The summed E-state index contributed by atoms with van der Waals surface area (Å²) in [6, 6.07) is 18.0. The topological polar surface area (TPSA) is 50.3 Å². The Morgan fingerprint density at radius 2 is 1.93 bits per heavy atom. The highest BCUT2D eigenvalue weighted by Gasteiger charge is 2.26. The van der Waals surface area contributed by atoms with Crippen molar-refractivity contribution in [3.8, 4) is 0 Å². The molecule has 3 aromatic rings. The highest BCUT2D eigenvalue weighted by Crippen LogP contribution is 2.29. The zero-order chi connectivity index (χ0) is 19.3. The lowest BCUT2D eigenvalue weighted by Gasteiger charge is -2.36. The Bertz CT molecular complexity index is 939. The van der Waals surface area contributed by atoms with Gasteiger partial charge in [-0.25, -0.2) is 4.98 Å². The van der Waals surface area contributed by atoms with Crippen molar-refractivity contribution in [1.29, 1.82) is 0 Å². The predicted octanol–water partition coefficient (Wildman–Crippen LogP) is 4.97. The van der Waals surface area contributed by atoms with Gasteiger partial charge in [-0.1, -0.05) is 65.7 Å². The number of hydrogen-bond donors (Lipinski definition) is 1. The average molecular weight is 415 g/mol. The summed E-state index contributed by atoms with van der Waals surface area (Å²) in [5.41, 5.74) is 2.11. The maximum atomic E-state index is 6.26. The van der Waals surface area contributed by atoms with E-state index in [1.165, 1.54) is 5.56 Å². The average Bonchev–Trinajstić information content (AvgIpc) is 2.76. The maximum absolute atomic E-state index is 6.26. The number of halogens is 2. The molecule has 0 amide bonds. The Hall–Kier alpha value is -2.34. The fourth-order valence-electron chi connectivity index (χ4n) is 3.28. The van der Waals surface area contributed by atoms with Gasteiger partial charge in [-0.3, -0.25) is 0 Å². The minimum atomic E-state index is 0.125. The van der Waals surface area contributed by atoms with Gasteiger partial charge >= 0.3 is 0 Å². The van der Waals surface area contributed by atoms with Crippen LogP contribution >= 0.6 is 23.2 Å². The van der Waals surface area contributed by atoms with Crippen molar-refractivity contribution in [2.24, 2.45) is 0 Å². The molecule has 0 spiro atoms. The van der Waals surface area contributed by atoms with Crippen LogP contribution in [0.2, 0.25) is 10.0 Å². The van der Waals surface area contributed by atoms with E-state index in [9.17, 15) is 0 Å². The van der Waals surface area contributed by atoms with Crippen LogP contribution in [-0.4, -0.2) is 29.7 Å². The van der Waals surface area contributed by atoms with Crippen molar-refractivity contribution in [2.75, 3.05) is 30.0 Å². The third-order valence-corrected chi connectivity index (χ3v) is 5.57. The number of aromatic nitrogens is 2. The second-order valence-corrected chi connectivity index (χ2v) is 7.28. The number of nitrogens with zero attached hydrogens (tertiary/aromatic N) is 3. The Balaban J connectivity index is 1.53. The van der Waals surface area contributed by atoms with Crippen molar-refractivity contribution in [2.45, 2.75) is 12.6 Å². The molecule has 1 N–H and O–H groups in total. The Kier molecular flexibility index (Phi) is 5.95. The van der Waals surface area contributed by atoms with Crippen molar-refractivity contribution < 1.29 is 4.74 Å². The quantitative estimate of drug-likeness (QED) is 0.638. The number of ether oxygens (including phenoxy) is 1. The van der Waals surface area contributed by atoms with Gasteiger partial charge in [0.15, 0.2) is 0 Å². The highest BCUT2D eigenvalue weighted by atomic mass is 35.5. The zero-order valence-corrected chi connectivity index (χ0v) is 16.7. The van der Waals surface area contributed by atoms with E-state index < -0.39 is 0 Å². The van der Waals surface area contributed by atoms with E-state index in [4.69, 9.17) is 32.9 Å². The summed E-state index contributed by atoms with van der Waals surface area (Å²) in [6.45, 7) is 2.58. The van der Waals surface area contributed by atoms with Crippen molar-refractivity contribution in [1.82, 2.24) is 9.97 Å². The van der Waals surface area contributed by atoms with E-state index in [1.807, 2.05) is 36.4 Å². The van der Waals surface area contributed by atoms with Crippen LogP contribution in [0.15, 0.2) is 60.8 Å². The van der Waals surface area contributed by atoms with Gasteiger partial charge in [-0.2, -0.15) is 4.98 Å². The van der Waals surface area contributed by atoms with E-state index in [1.54, 1.807) is 12.3 Å². The van der Waals surface area contributed by atoms with Crippen LogP contribution in [0.3, 0.4) is 0 Å². The summed E-state index contributed by atoms with van der Waals surface area (Å²) in [5.74, 6) is 1.42. The Morgan fingerprint density at radius 3 is 2.79 bits per heavy atom. The minimum absolute atomic E-state index is 0.125. The van der Waals surface area contributed by atoms with E-state index >= 15 is 0 Å². The highest BCUT2D eigenvalue weighted by molar-refractivity contribution is 6.42. The third-order valence-electron chi connectivity index (χ3n) is 4.72. The Labute approximate surface area is 174 Å². The molecule has 2 heterocycles. The molecule has 1 fully saturated rings. The van der Waals surface area contributed by atoms with Crippen molar-refractivity contribution in [3.63, 3.8) is 0 Å². The predicted molar refractivity (Wildman–Crippen MR) is 113 cm³/mol. The number of nitrogens with one attached hydrogen (secondary N) is 1. The lowest BCUT2D eigenvalue weighted by molar-refractivity contribution is 0.0937. The lowest BCUT2D eigenvalue weighted by Crippen LogP contribution is -2.40. The Morgan fingerprint density at radius 1 is 1.07 bits per heavy atom. The van der Waals surface area contributed by atoms with Crippen LogP contribution < -0.4 is 10.2 Å². The molecule has 0 bridgehead atoms. The van der Waals surface area contributed by atoms with Gasteiger partial charge in [0.05, 0.1) is 29.3 Å². The summed E-state index contributed by atoms with van der Waals surface area (Å²) in [7, 11) is 0. The fraction of sp³-hybridized carbons (Fsp3) is 0.238. The second kappa shape index (κ2) is 8.78. The standard InChI is InChI=1S/C21H20Cl2N4O/c22-17-8-4-7-16(20(17)23)13-25-21-24-10-9-19(26-21)27-11-12-28-14-18(27)15-5-2-1-3-6-15/h1-10,18H,11-14H2,(H,24,25,26). The van der Waals surface area contributed by atoms with Crippen LogP contribution in [0, 0.1) is 0 Å². The minimum Gasteiger partial charge on any atom is -0.377 e. The smallest absolute Gasteiger partial charge is 0.224 e. The van der Waals surface area contributed by atoms with E-state index in [-0.39, 0.29) is 6.04 Å². The molecule has 28 heavy (non-hydrogen) atoms. The molecule has 0 aliphatic carbocycles. The van der Waals surface area contributed by atoms with Crippen LogP contribution in [-0.2, 0) is 11.3 Å². The van der Waals surface area contributed by atoms with Crippen molar-refractivity contribution >= 4 is 35.0 Å². The molecule has 4 rings (SSSR count). The SMILES string of the molecule is Clc1cccc(CNc2nccc(N3CCOCC3c3ccccc3)n2)c1Cl. The second-order valence-electron chi connectivity index (χ2n) is 6.50. The summed E-state index contributed by atoms with van der Waals surface area (Å²) in [5, 5.41) is 4.32. The molecular weight excluding hydrogens is 395 g/mol. The van der Waals surface area contributed by atoms with Crippen LogP contribution in [0.1, 0.15) is 17.2 Å². The number of morpholine rings is 1. The number of hydrogen-bond acceptors (Lipinski definition) is 5. The van der Waals surface area contributed by atoms with E-state index in [0.717, 1.165) is 17.9 Å². The number of anilines is 2. The molecule has 144 valence electrons. The lowest BCUT2D eigenvalue weighted by atomic mass is 10.1. The first kappa shape index (κ1) is 19.0. The molecule has 1 aliphatic heterocycles. The van der Waals surface area contributed by atoms with Crippen LogP contribution in [0.4, 0.5) is 11.8 Å². The molecular formula is C21H20Cl2N4O. The molecule has 1 aromatic heterocycles. The maximum Gasteiger partial charge on any atom is 0.224 e. The van der Waals surface area contributed by atoms with Crippen LogP contribution in [0.25, 0.3) is 0 Å². The van der Waals surface area contributed by atoms with E-state index in [2.05, 4.69) is 27.3 Å². The first-order valence-electron chi connectivity index (χ1n) is 9.11. The molecule has 2 aromatic carbocycles. The molecule has 7 heteroatoms. The molecule has 1 atom stereocenters. The number of rotatable bonds is 5. The zero-order valence-electron chi connectivity index (χ0n) is 15.2. The molecule has 0 saturated carbocycles. The van der Waals surface area contributed by atoms with E-state index in [0.29, 0.717) is 35.8 Å². The molecule has 1 aliphatic rings. The molecule has 0 radical (unpaired) electrons. The van der Waals surface area contributed by atoms with Gasteiger partial charge in [0, 0.05) is 19.3 Å². The van der Waals surface area contributed by atoms with Gasteiger partial charge < -0.3 is 15.0 Å². The summed E-state index contributed by atoms with van der Waals surface area (Å²) >= 11 is 12.4. The normalized spacial score (nSPS) is 16.8. The van der Waals surface area contributed by atoms with Gasteiger partial charge in [0.1, 0.15) is 5.82 Å². The largest absolute Gasteiger partial charge is 0.377 e. The van der Waals surface area contributed by atoms with Gasteiger partial charge in [0.2, 0.25) is 5.95 Å². The summed E-state index contributed by atoms with van der Waals surface area (Å²) < 4.78 is 5.72. The summed E-state index contributed by atoms with van der Waals surface area (Å²) in [4.78, 5) is 11.3. The molecule has 5 nitrogen and oxygen atoms in total. The number of benzene rings is 2. The molecule has 1 unspecified atom stereocenters. The summed E-state index contributed by atoms with van der Waals surface area (Å²) in [6.07, 6.45) is 1.77. The first-order valence-corrected chi connectivity index (χ1v) is 9.87. The van der Waals surface area contributed by atoms with Crippen LogP contribution in [0.5, 0.6) is 0 Å². The first-order chi connectivity index (χ1) is 13.7. The third kappa shape index (κ3) is 4.22. The monoisotopic (exact) mass is 414 g/mol. The van der Waals surface area contributed by atoms with Gasteiger partial charge in [0.25, 0.3) is 0 Å². The van der Waals surface area contributed by atoms with Gasteiger partial charge in [-0.05, 0) is 23.3 Å². The fourth-order valence-corrected chi connectivity index (χ4v) is 3.67.